The lowest BCUT2D eigenvalue weighted by Gasteiger charge is -1.92. The third kappa shape index (κ3) is 3.35. The van der Waals surface area contributed by atoms with Crippen LogP contribution >= 0.6 is 0 Å². The second-order valence-corrected chi connectivity index (χ2v) is 3.60. The summed E-state index contributed by atoms with van der Waals surface area (Å²) in [5, 5.41) is 0. The fourth-order valence-corrected chi connectivity index (χ4v) is 1.44. The predicted octanol–water partition coefficient (Wildman–Crippen LogP) is 2.31. The molecule has 70 valence electrons. The van der Waals surface area contributed by atoms with Crippen LogP contribution in [0.25, 0.3) is 0 Å². The molecule has 1 fully saturated rings. The number of unbranched alkanes of at least 4 members (excludes halogenated alkanes) is 1. The highest BCUT2D eigenvalue weighted by Gasteiger charge is 2.37. The summed E-state index contributed by atoms with van der Waals surface area (Å²) in [6.45, 7) is 3.83. The van der Waals surface area contributed by atoms with Crippen LogP contribution in [-0.2, 0) is 9.53 Å². The van der Waals surface area contributed by atoms with E-state index in [4.69, 9.17) is 4.74 Å². The molecule has 12 heavy (non-hydrogen) atoms. The Hall–Kier alpha value is -0.370. The quantitative estimate of drug-likeness (QED) is 0.572. The van der Waals surface area contributed by atoms with Gasteiger partial charge in [0.15, 0.2) is 0 Å². The zero-order chi connectivity index (χ0) is 8.97. The van der Waals surface area contributed by atoms with Crippen molar-refractivity contribution in [1.29, 1.82) is 0 Å². The Balaban J connectivity index is 1.97. The molecular weight excluding hydrogens is 152 g/mol. The summed E-state index contributed by atoms with van der Waals surface area (Å²) in [6.07, 6.45) is 6.17. The van der Waals surface area contributed by atoms with Crippen molar-refractivity contribution in [1.82, 2.24) is 0 Å². The number of carbonyl (C=O) groups is 1. The summed E-state index contributed by atoms with van der Waals surface area (Å²) in [5.74, 6) is 0.278. The molecule has 0 N–H and O–H groups in total. The van der Waals surface area contributed by atoms with Crippen LogP contribution in [-0.4, -0.2) is 18.0 Å². The maximum atomic E-state index is 10.6. The van der Waals surface area contributed by atoms with Crippen LogP contribution in [0.5, 0.6) is 0 Å². The van der Waals surface area contributed by atoms with Gasteiger partial charge < -0.3 is 9.53 Å². The number of carbonyl (C=O) groups excluding carboxylic acids is 1. The molecule has 1 aliphatic rings. The molecule has 2 nitrogen and oxygen atoms in total. The first-order valence-electron chi connectivity index (χ1n) is 4.89. The van der Waals surface area contributed by atoms with Crippen molar-refractivity contribution in [2.45, 2.75) is 58.2 Å². The first-order valence-corrected chi connectivity index (χ1v) is 4.89. The molecule has 1 aliphatic heterocycles. The Labute approximate surface area is 74.3 Å². The van der Waals surface area contributed by atoms with Gasteiger partial charge >= 0.3 is 0 Å². The normalized spacial score (nSPS) is 27.2. The van der Waals surface area contributed by atoms with Gasteiger partial charge in [-0.3, -0.25) is 0 Å². The Morgan fingerprint density at radius 3 is 2.58 bits per heavy atom. The summed E-state index contributed by atoms with van der Waals surface area (Å²) in [7, 11) is 0. The van der Waals surface area contributed by atoms with E-state index in [-0.39, 0.29) is 5.78 Å². The van der Waals surface area contributed by atoms with Crippen molar-refractivity contribution >= 4 is 5.78 Å². The molecule has 2 unspecified atom stereocenters. The highest BCUT2D eigenvalue weighted by Crippen LogP contribution is 2.30. The summed E-state index contributed by atoms with van der Waals surface area (Å²) in [6, 6.07) is 0. The molecule has 0 amide bonds. The molecule has 0 aromatic carbocycles. The number of hydrogen-bond acceptors (Lipinski definition) is 2. The lowest BCUT2D eigenvalue weighted by atomic mass is 10.1. The highest BCUT2D eigenvalue weighted by atomic mass is 16.6. The van der Waals surface area contributed by atoms with Crippen LogP contribution in [0.15, 0.2) is 0 Å². The van der Waals surface area contributed by atoms with Crippen molar-refractivity contribution in [3.8, 4) is 0 Å². The predicted molar refractivity (Wildman–Crippen MR) is 48.1 cm³/mol. The first kappa shape index (κ1) is 9.72. The number of rotatable bonds is 6. The Morgan fingerprint density at radius 2 is 2.00 bits per heavy atom. The van der Waals surface area contributed by atoms with Gasteiger partial charge in [0.05, 0.1) is 12.2 Å². The van der Waals surface area contributed by atoms with E-state index in [1.165, 1.54) is 19.3 Å². The minimum absolute atomic E-state index is 0.278. The smallest absolute Gasteiger partial charge is 0.129 e. The summed E-state index contributed by atoms with van der Waals surface area (Å²) in [4.78, 5) is 10.6. The SMILES string of the molecule is CCCCC1OC1CCC(C)=O. The molecule has 1 saturated heterocycles. The Morgan fingerprint density at radius 1 is 1.33 bits per heavy atom. The number of Topliss-reactive ketones (excluding diaryl/α,β-unsaturated/α-hetero) is 1. The summed E-state index contributed by atoms with van der Waals surface area (Å²) < 4.78 is 5.42. The van der Waals surface area contributed by atoms with Crippen LogP contribution < -0.4 is 0 Å². The summed E-state index contributed by atoms with van der Waals surface area (Å²) >= 11 is 0. The fourth-order valence-electron chi connectivity index (χ4n) is 1.44. The van der Waals surface area contributed by atoms with E-state index >= 15 is 0 Å². The molecular formula is C10H18O2. The third-order valence-electron chi connectivity index (χ3n) is 2.31. The van der Waals surface area contributed by atoms with Crippen molar-refractivity contribution < 1.29 is 9.53 Å². The number of ether oxygens (including phenoxy) is 1. The zero-order valence-electron chi connectivity index (χ0n) is 8.01. The van der Waals surface area contributed by atoms with Crippen LogP contribution in [0, 0.1) is 0 Å². The van der Waals surface area contributed by atoms with Crippen LogP contribution in [0.4, 0.5) is 0 Å². The van der Waals surface area contributed by atoms with E-state index in [2.05, 4.69) is 6.92 Å². The minimum atomic E-state index is 0.278. The Bertz CT molecular complexity index is 154. The number of hydrogen-bond donors (Lipinski definition) is 0. The standard InChI is InChI=1S/C10H18O2/c1-3-4-5-9-10(12-9)7-6-8(2)11/h9-10H,3-7H2,1-2H3. The molecule has 0 saturated carbocycles. The average Bonchev–Trinajstić information content (AvgIpc) is 2.76. The maximum absolute atomic E-state index is 10.6. The number of ketones is 1. The second-order valence-electron chi connectivity index (χ2n) is 3.60. The Kier molecular flexibility index (Phi) is 3.73. The van der Waals surface area contributed by atoms with Crippen LogP contribution in [0.2, 0.25) is 0 Å². The molecule has 0 aliphatic carbocycles. The largest absolute Gasteiger partial charge is 0.370 e. The monoisotopic (exact) mass is 170 g/mol. The average molecular weight is 170 g/mol. The minimum Gasteiger partial charge on any atom is -0.370 e. The summed E-state index contributed by atoms with van der Waals surface area (Å²) in [5.41, 5.74) is 0. The van der Waals surface area contributed by atoms with Gasteiger partial charge in [-0.25, -0.2) is 0 Å². The molecule has 0 spiro atoms. The van der Waals surface area contributed by atoms with Gasteiger partial charge in [0.1, 0.15) is 5.78 Å². The molecule has 1 heterocycles. The van der Waals surface area contributed by atoms with E-state index in [9.17, 15) is 4.79 Å². The van der Waals surface area contributed by atoms with E-state index in [0.717, 1.165) is 6.42 Å². The fraction of sp³-hybridized carbons (Fsp3) is 0.900. The first-order chi connectivity index (χ1) is 5.74. The van der Waals surface area contributed by atoms with Gasteiger partial charge in [0, 0.05) is 6.42 Å². The van der Waals surface area contributed by atoms with Gasteiger partial charge in [-0.05, 0) is 19.8 Å². The lowest BCUT2D eigenvalue weighted by molar-refractivity contribution is -0.117. The lowest BCUT2D eigenvalue weighted by Crippen LogP contribution is -1.98. The molecule has 0 bridgehead atoms. The van der Waals surface area contributed by atoms with E-state index < -0.39 is 0 Å². The highest BCUT2D eigenvalue weighted by molar-refractivity contribution is 5.75. The van der Waals surface area contributed by atoms with Gasteiger partial charge in [0.2, 0.25) is 0 Å². The molecule has 0 radical (unpaired) electrons. The van der Waals surface area contributed by atoms with Gasteiger partial charge in [-0.1, -0.05) is 19.8 Å². The molecule has 0 aromatic rings. The van der Waals surface area contributed by atoms with E-state index in [1.807, 2.05) is 0 Å². The van der Waals surface area contributed by atoms with Crippen molar-refractivity contribution in [3.63, 3.8) is 0 Å². The van der Waals surface area contributed by atoms with E-state index in [1.54, 1.807) is 6.92 Å². The number of epoxide rings is 1. The van der Waals surface area contributed by atoms with Crippen LogP contribution in [0.1, 0.15) is 46.0 Å². The zero-order valence-corrected chi connectivity index (χ0v) is 8.01. The second kappa shape index (κ2) is 4.61. The van der Waals surface area contributed by atoms with Gasteiger partial charge in [0.25, 0.3) is 0 Å². The molecule has 2 atom stereocenters. The van der Waals surface area contributed by atoms with Crippen LogP contribution in [0.3, 0.4) is 0 Å². The topological polar surface area (TPSA) is 29.6 Å². The molecule has 1 rings (SSSR count). The molecule has 0 aromatic heterocycles. The van der Waals surface area contributed by atoms with Crippen molar-refractivity contribution in [2.75, 3.05) is 0 Å². The van der Waals surface area contributed by atoms with Gasteiger partial charge in [-0.15, -0.1) is 0 Å². The van der Waals surface area contributed by atoms with Crippen molar-refractivity contribution in [2.24, 2.45) is 0 Å². The molecule has 2 heteroatoms. The van der Waals surface area contributed by atoms with E-state index in [0.29, 0.717) is 18.6 Å². The maximum Gasteiger partial charge on any atom is 0.129 e. The van der Waals surface area contributed by atoms with Crippen molar-refractivity contribution in [3.05, 3.63) is 0 Å². The van der Waals surface area contributed by atoms with Gasteiger partial charge in [-0.2, -0.15) is 0 Å². The third-order valence-corrected chi connectivity index (χ3v) is 2.31.